The number of aryl methyl sites for hydroxylation is 1. The number of nitrogens with one attached hydrogen (secondary N) is 1. The van der Waals surface area contributed by atoms with Crippen LogP contribution in [0.15, 0.2) is 29.4 Å². The summed E-state index contributed by atoms with van der Waals surface area (Å²) in [4.78, 5) is 11.9. The fourth-order valence-electron chi connectivity index (χ4n) is 2.07. The fraction of sp³-hybridized carbons (Fsp3) is 0.429. The number of ether oxygens (including phenoxy) is 2. The number of benzene rings is 1. The van der Waals surface area contributed by atoms with Crippen molar-refractivity contribution in [2.45, 2.75) is 24.7 Å². The molecule has 0 radical (unpaired) electrons. The molecule has 3 rings (SSSR count). The van der Waals surface area contributed by atoms with Gasteiger partial charge in [-0.2, -0.15) is 0 Å². The molecule has 2 heterocycles. The van der Waals surface area contributed by atoms with Gasteiger partial charge in [-0.1, -0.05) is 23.9 Å². The van der Waals surface area contributed by atoms with Crippen LogP contribution in [0, 0.1) is 0 Å². The van der Waals surface area contributed by atoms with E-state index in [9.17, 15) is 4.79 Å². The van der Waals surface area contributed by atoms with Crippen molar-refractivity contribution in [1.29, 1.82) is 0 Å². The fourth-order valence-corrected chi connectivity index (χ4v) is 2.84. The van der Waals surface area contributed by atoms with Gasteiger partial charge in [0.15, 0.2) is 11.5 Å². The van der Waals surface area contributed by atoms with Crippen LogP contribution >= 0.6 is 11.8 Å². The highest BCUT2D eigenvalue weighted by atomic mass is 32.2. The molecular formula is C14H17N5O3S. The van der Waals surface area contributed by atoms with Gasteiger partial charge in [-0.25, -0.2) is 4.68 Å². The second-order valence-electron chi connectivity index (χ2n) is 4.87. The van der Waals surface area contributed by atoms with E-state index in [1.54, 1.807) is 4.68 Å². The highest BCUT2D eigenvalue weighted by molar-refractivity contribution is 7.99. The highest BCUT2D eigenvalue weighted by Gasteiger charge is 2.21. The number of aromatic nitrogens is 4. The SMILES string of the molecule is CCn1nnnc1SCC(=O)NCC1COc2ccccc2O1. The number of rotatable bonds is 6. The lowest BCUT2D eigenvalue weighted by Crippen LogP contribution is -2.41. The molecular weight excluding hydrogens is 318 g/mol. The van der Waals surface area contributed by atoms with Crippen molar-refractivity contribution in [2.24, 2.45) is 0 Å². The van der Waals surface area contributed by atoms with Crippen molar-refractivity contribution in [1.82, 2.24) is 25.5 Å². The number of hydrogen-bond acceptors (Lipinski definition) is 7. The Labute approximate surface area is 137 Å². The maximum absolute atomic E-state index is 11.9. The standard InChI is InChI=1S/C14H17N5O3S/c1-2-19-14(16-17-18-19)23-9-13(20)15-7-10-8-21-11-5-3-4-6-12(11)22-10/h3-6,10H,2,7-9H2,1H3,(H,15,20). The van der Waals surface area contributed by atoms with E-state index in [0.717, 1.165) is 5.75 Å². The van der Waals surface area contributed by atoms with Crippen molar-refractivity contribution in [3.63, 3.8) is 0 Å². The summed E-state index contributed by atoms with van der Waals surface area (Å²) in [5.74, 6) is 1.60. The molecule has 2 aromatic rings. The normalized spacial score (nSPS) is 16.1. The molecule has 1 amide bonds. The minimum atomic E-state index is -0.195. The Balaban J connectivity index is 1.43. The average Bonchev–Trinajstić information content (AvgIpc) is 3.05. The Morgan fingerprint density at radius 1 is 1.43 bits per heavy atom. The van der Waals surface area contributed by atoms with Gasteiger partial charge in [-0.05, 0) is 29.5 Å². The van der Waals surface area contributed by atoms with E-state index in [1.807, 2.05) is 31.2 Å². The van der Waals surface area contributed by atoms with E-state index in [0.29, 0.717) is 30.6 Å². The Kier molecular flexibility index (Phi) is 4.96. The minimum Gasteiger partial charge on any atom is -0.486 e. The number of carbonyl (C=O) groups is 1. The van der Waals surface area contributed by atoms with Gasteiger partial charge in [0, 0.05) is 6.54 Å². The van der Waals surface area contributed by atoms with Gasteiger partial charge in [-0.15, -0.1) is 5.10 Å². The molecule has 1 aliphatic rings. The van der Waals surface area contributed by atoms with E-state index in [-0.39, 0.29) is 17.8 Å². The molecule has 23 heavy (non-hydrogen) atoms. The lowest BCUT2D eigenvalue weighted by Gasteiger charge is -2.26. The predicted molar refractivity (Wildman–Crippen MR) is 83.6 cm³/mol. The lowest BCUT2D eigenvalue weighted by atomic mass is 10.2. The Hall–Kier alpha value is -2.29. The van der Waals surface area contributed by atoms with Crippen LogP contribution in [0.5, 0.6) is 11.5 Å². The van der Waals surface area contributed by atoms with Crippen LogP contribution in [-0.2, 0) is 11.3 Å². The third-order valence-corrected chi connectivity index (χ3v) is 4.18. The van der Waals surface area contributed by atoms with Gasteiger partial charge in [-0.3, -0.25) is 4.79 Å². The van der Waals surface area contributed by atoms with Gasteiger partial charge < -0.3 is 14.8 Å². The second-order valence-corrected chi connectivity index (χ2v) is 5.81. The van der Waals surface area contributed by atoms with Crippen LogP contribution in [0.1, 0.15) is 6.92 Å². The van der Waals surface area contributed by atoms with E-state index in [1.165, 1.54) is 11.8 Å². The van der Waals surface area contributed by atoms with Crippen molar-refractivity contribution >= 4 is 17.7 Å². The Bertz CT molecular complexity index is 678. The number of tetrazole rings is 1. The van der Waals surface area contributed by atoms with E-state index in [2.05, 4.69) is 20.8 Å². The molecule has 0 spiro atoms. The zero-order chi connectivity index (χ0) is 16.1. The molecule has 122 valence electrons. The second kappa shape index (κ2) is 7.32. The summed E-state index contributed by atoms with van der Waals surface area (Å²) in [6, 6.07) is 7.49. The van der Waals surface area contributed by atoms with Crippen molar-refractivity contribution < 1.29 is 14.3 Å². The first-order chi connectivity index (χ1) is 11.3. The van der Waals surface area contributed by atoms with Gasteiger partial charge >= 0.3 is 0 Å². The van der Waals surface area contributed by atoms with E-state index in [4.69, 9.17) is 9.47 Å². The van der Waals surface area contributed by atoms with Crippen molar-refractivity contribution in [3.8, 4) is 11.5 Å². The number of fused-ring (bicyclic) bond motifs is 1. The molecule has 0 fully saturated rings. The van der Waals surface area contributed by atoms with Gasteiger partial charge in [0.1, 0.15) is 12.7 Å². The quantitative estimate of drug-likeness (QED) is 0.779. The van der Waals surface area contributed by atoms with E-state index < -0.39 is 0 Å². The number of carbonyl (C=O) groups excluding carboxylic acids is 1. The smallest absolute Gasteiger partial charge is 0.230 e. The molecule has 8 nitrogen and oxygen atoms in total. The van der Waals surface area contributed by atoms with Crippen LogP contribution in [0.3, 0.4) is 0 Å². The third kappa shape index (κ3) is 3.92. The zero-order valence-corrected chi connectivity index (χ0v) is 13.5. The monoisotopic (exact) mass is 335 g/mol. The molecule has 1 unspecified atom stereocenters. The Morgan fingerprint density at radius 3 is 3.09 bits per heavy atom. The predicted octanol–water partition coefficient (Wildman–Crippen LogP) is 0.741. The maximum Gasteiger partial charge on any atom is 0.230 e. The van der Waals surface area contributed by atoms with Crippen LogP contribution in [0.2, 0.25) is 0 Å². The molecule has 1 aromatic carbocycles. The minimum absolute atomic E-state index is 0.0943. The van der Waals surface area contributed by atoms with Crippen LogP contribution < -0.4 is 14.8 Å². The Morgan fingerprint density at radius 2 is 2.26 bits per heavy atom. The number of amides is 1. The number of para-hydroxylation sites is 2. The molecule has 1 atom stereocenters. The molecule has 1 aliphatic heterocycles. The lowest BCUT2D eigenvalue weighted by molar-refractivity contribution is -0.119. The van der Waals surface area contributed by atoms with Crippen LogP contribution in [-0.4, -0.2) is 51.1 Å². The summed E-state index contributed by atoms with van der Waals surface area (Å²) >= 11 is 1.30. The largest absolute Gasteiger partial charge is 0.486 e. The van der Waals surface area contributed by atoms with E-state index >= 15 is 0 Å². The molecule has 0 saturated heterocycles. The summed E-state index contributed by atoms with van der Waals surface area (Å²) in [5, 5.41) is 14.8. The third-order valence-electron chi connectivity index (χ3n) is 3.23. The van der Waals surface area contributed by atoms with Gasteiger partial charge in [0.05, 0.1) is 12.3 Å². The molecule has 1 aromatic heterocycles. The summed E-state index contributed by atoms with van der Waals surface area (Å²) in [7, 11) is 0. The van der Waals surface area contributed by atoms with Crippen LogP contribution in [0.4, 0.5) is 0 Å². The number of hydrogen-bond donors (Lipinski definition) is 1. The average molecular weight is 335 g/mol. The van der Waals surface area contributed by atoms with Crippen molar-refractivity contribution in [3.05, 3.63) is 24.3 Å². The van der Waals surface area contributed by atoms with Crippen LogP contribution in [0.25, 0.3) is 0 Å². The summed E-state index contributed by atoms with van der Waals surface area (Å²) in [6.45, 7) is 3.42. The summed E-state index contributed by atoms with van der Waals surface area (Å²) in [6.07, 6.45) is -0.195. The first-order valence-electron chi connectivity index (χ1n) is 7.30. The zero-order valence-electron chi connectivity index (χ0n) is 12.6. The summed E-state index contributed by atoms with van der Waals surface area (Å²) < 4.78 is 13.0. The van der Waals surface area contributed by atoms with Gasteiger partial charge in [0.2, 0.25) is 11.1 Å². The summed E-state index contributed by atoms with van der Waals surface area (Å²) in [5.41, 5.74) is 0. The number of thioether (sulfide) groups is 1. The maximum atomic E-state index is 11.9. The molecule has 9 heteroatoms. The first kappa shape index (κ1) is 15.6. The molecule has 0 saturated carbocycles. The molecule has 1 N–H and O–H groups in total. The van der Waals surface area contributed by atoms with Crippen molar-refractivity contribution in [2.75, 3.05) is 18.9 Å². The van der Waals surface area contributed by atoms with Gasteiger partial charge in [0.25, 0.3) is 0 Å². The highest BCUT2D eigenvalue weighted by Crippen LogP contribution is 2.30. The number of nitrogens with zero attached hydrogens (tertiary/aromatic N) is 4. The first-order valence-corrected chi connectivity index (χ1v) is 8.29. The topological polar surface area (TPSA) is 91.2 Å². The molecule has 0 aliphatic carbocycles. The molecule has 0 bridgehead atoms.